The van der Waals surface area contributed by atoms with Crippen LogP contribution in [0.2, 0.25) is 0 Å². The van der Waals surface area contributed by atoms with E-state index in [9.17, 15) is 4.79 Å². The summed E-state index contributed by atoms with van der Waals surface area (Å²) in [6.07, 6.45) is 0.739. The van der Waals surface area contributed by atoms with Crippen molar-refractivity contribution in [3.05, 3.63) is 46.0 Å². The Labute approximate surface area is 111 Å². The summed E-state index contributed by atoms with van der Waals surface area (Å²) in [7, 11) is 0. The summed E-state index contributed by atoms with van der Waals surface area (Å²) in [6, 6.07) is 8.21. The Morgan fingerprint density at radius 2 is 2.17 bits per heavy atom. The average Bonchev–Trinajstić information content (AvgIpc) is 2.99. The highest BCUT2D eigenvalue weighted by atomic mass is 32.1. The van der Waals surface area contributed by atoms with Crippen molar-refractivity contribution < 1.29 is 9.21 Å². The Morgan fingerprint density at radius 1 is 1.33 bits per heavy atom. The number of furan rings is 1. The molecule has 0 bridgehead atoms. The van der Waals surface area contributed by atoms with Crippen molar-refractivity contribution in [1.29, 1.82) is 0 Å². The van der Waals surface area contributed by atoms with Gasteiger partial charge in [0.25, 0.3) is 0 Å². The number of aldehydes is 1. The predicted molar refractivity (Wildman–Crippen MR) is 72.8 cm³/mol. The normalized spacial score (nSPS) is 11.3. The fourth-order valence-electron chi connectivity index (χ4n) is 1.77. The maximum absolute atomic E-state index is 10.6. The fraction of sp³-hybridized carbons (Fsp3) is 0.357. The molecule has 0 N–H and O–H groups in total. The van der Waals surface area contributed by atoms with Crippen LogP contribution in [0.3, 0.4) is 0 Å². The second-order valence-corrected chi connectivity index (χ2v) is 5.53. The number of nitrogens with zero attached hydrogens (tertiary/aromatic N) is 1. The first-order valence-corrected chi connectivity index (χ1v) is 6.87. The molecular formula is C14H17NO2S. The van der Waals surface area contributed by atoms with Crippen LogP contribution in [-0.4, -0.2) is 17.2 Å². The van der Waals surface area contributed by atoms with Crippen LogP contribution in [0.4, 0.5) is 0 Å². The molecule has 2 aromatic rings. The second-order valence-electron chi connectivity index (χ2n) is 4.50. The summed E-state index contributed by atoms with van der Waals surface area (Å²) in [5.41, 5.74) is 0. The van der Waals surface area contributed by atoms with Crippen molar-refractivity contribution in [3.63, 3.8) is 0 Å². The number of carbonyl (C=O) groups is 1. The van der Waals surface area contributed by atoms with Crippen LogP contribution in [0.15, 0.2) is 34.1 Å². The Bertz CT molecular complexity index is 488. The maximum Gasteiger partial charge on any atom is 0.185 e. The minimum absolute atomic E-state index is 0.393. The molecule has 2 aromatic heterocycles. The quantitative estimate of drug-likeness (QED) is 0.747. The fourth-order valence-corrected chi connectivity index (χ4v) is 2.50. The molecule has 0 aliphatic heterocycles. The lowest BCUT2D eigenvalue weighted by Gasteiger charge is -2.24. The molecule has 4 heteroatoms. The van der Waals surface area contributed by atoms with E-state index in [1.54, 1.807) is 17.4 Å². The highest BCUT2D eigenvalue weighted by Crippen LogP contribution is 2.17. The number of hydrogen-bond acceptors (Lipinski definition) is 4. The molecule has 2 rings (SSSR count). The Hall–Kier alpha value is -1.39. The molecule has 2 heterocycles. The molecule has 3 nitrogen and oxygen atoms in total. The van der Waals surface area contributed by atoms with Gasteiger partial charge in [-0.25, -0.2) is 0 Å². The minimum Gasteiger partial charge on any atom is -0.457 e. The molecule has 0 spiro atoms. The van der Waals surface area contributed by atoms with Crippen LogP contribution >= 0.6 is 11.3 Å². The maximum atomic E-state index is 10.6. The lowest BCUT2D eigenvalue weighted by molar-refractivity contribution is 0.109. The van der Waals surface area contributed by atoms with Gasteiger partial charge in [0, 0.05) is 17.5 Å². The molecule has 0 saturated carbocycles. The zero-order chi connectivity index (χ0) is 13.0. The van der Waals surface area contributed by atoms with Gasteiger partial charge in [-0.2, -0.15) is 0 Å². The summed E-state index contributed by atoms with van der Waals surface area (Å²) in [5.74, 6) is 1.23. The minimum atomic E-state index is 0.393. The van der Waals surface area contributed by atoms with E-state index in [1.165, 1.54) is 4.88 Å². The van der Waals surface area contributed by atoms with Crippen LogP contribution in [0.5, 0.6) is 0 Å². The van der Waals surface area contributed by atoms with Crippen molar-refractivity contribution in [3.8, 4) is 0 Å². The Balaban J connectivity index is 2.04. The van der Waals surface area contributed by atoms with E-state index in [0.29, 0.717) is 11.8 Å². The summed E-state index contributed by atoms with van der Waals surface area (Å²) in [4.78, 5) is 14.2. The zero-order valence-corrected chi connectivity index (χ0v) is 11.4. The van der Waals surface area contributed by atoms with Gasteiger partial charge in [-0.05, 0) is 37.4 Å². The molecular weight excluding hydrogens is 246 g/mol. The van der Waals surface area contributed by atoms with Crippen LogP contribution in [0.25, 0.3) is 0 Å². The molecule has 0 amide bonds. The van der Waals surface area contributed by atoms with E-state index in [2.05, 4.69) is 36.3 Å². The molecule has 0 radical (unpaired) electrons. The molecule has 0 unspecified atom stereocenters. The van der Waals surface area contributed by atoms with Crippen LogP contribution in [0, 0.1) is 0 Å². The summed E-state index contributed by atoms with van der Waals surface area (Å²) in [6.45, 7) is 5.96. The van der Waals surface area contributed by atoms with Gasteiger partial charge in [-0.3, -0.25) is 9.69 Å². The highest BCUT2D eigenvalue weighted by molar-refractivity contribution is 7.09. The first kappa shape index (κ1) is 13.1. The van der Waals surface area contributed by atoms with E-state index < -0.39 is 0 Å². The summed E-state index contributed by atoms with van der Waals surface area (Å²) >= 11 is 1.76. The van der Waals surface area contributed by atoms with E-state index in [-0.39, 0.29) is 0 Å². The van der Waals surface area contributed by atoms with Crippen molar-refractivity contribution >= 4 is 17.6 Å². The van der Waals surface area contributed by atoms with Gasteiger partial charge in [0.15, 0.2) is 12.0 Å². The number of carbonyl (C=O) groups excluding carboxylic acids is 1. The van der Waals surface area contributed by atoms with Gasteiger partial charge in [0.2, 0.25) is 0 Å². The van der Waals surface area contributed by atoms with Crippen molar-refractivity contribution in [1.82, 2.24) is 4.90 Å². The predicted octanol–water partition coefficient (Wildman–Crippen LogP) is 3.56. The largest absolute Gasteiger partial charge is 0.457 e. The molecule has 0 aromatic carbocycles. The van der Waals surface area contributed by atoms with Gasteiger partial charge < -0.3 is 4.42 Å². The number of thiophene rings is 1. The van der Waals surface area contributed by atoms with Crippen molar-refractivity contribution in [2.75, 3.05) is 0 Å². The lowest BCUT2D eigenvalue weighted by Crippen LogP contribution is -2.29. The topological polar surface area (TPSA) is 33.5 Å². The second kappa shape index (κ2) is 5.98. The van der Waals surface area contributed by atoms with Crippen LogP contribution in [-0.2, 0) is 13.1 Å². The first-order valence-electron chi connectivity index (χ1n) is 5.99. The Morgan fingerprint density at radius 3 is 2.72 bits per heavy atom. The molecule has 18 heavy (non-hydrogen) atoms. The molecule has 0 atom stereocenters. The SMILES string of the molecule is CC(C)N(Cc1ccc(C=O)o1)Cc1cccs1. The van der Waals surface area contributed by atoms with Crippen LogP contribution < -0.4 is 0 Å². The van der Waals surface area contributed by atoms with Gasteiger partial charge in [-0.1, -0.05) is 6.07 Å². The smallest absolute Gasteiger partial charge is 0.185 e. The van der Waals surface area contributed by atoms with E-state index >= 15 is 0 Å². The lowest BCUT2D eigenvalue weighted by atomic mass is 10.2. The van der Waals surface area contributed by atoms with Gasteiger partial charge >= 0.3 is 0 Å². The summed E-state index contributed by atoms with van der Waals surface area (Å²) < 4.78 is 5.43. The van der Waals surface area contributed by atoms with Gasteiger partial charge in [0.1, 0.15) is 5.76 Å². The van der Waals surface area contributed by atoms with Crippen LogP contribution in [0.1, 0.15) is 35.0 Å². The Kier molecular flexibility index (Phi) is 4.33. The number of rotatable bonds is 6. The third-order valence-electron chi connectivity index (χ3n) is 2.83. The standard InChI is InChI=1S/C14H17NO2S/c1-11(2)15(9-14-4-3-7-18-14)8-12-5-6-13(10-16)17-12/h3-7,10-11H,8-9H2,1-2H3. The first-order chi connectivity index (χ1) is 8.69. The zero-order valence-electron chi connectivity index (χ0n) is 10.6. The molecule has 0 aliphatic rings. The third-order valence-corrected chi connectivity index (χ3v) is 3.69. The molecule has 96 valence electrons. The van der Waals surface area contributed by atoms with E-state index in [1.807, 2.05) is 6.07 Å². The highest BCUT2D eigenvalue weighted by Gasteiger charge is 2.13. The monoisotopic (exact) mass is 263 g/mol. The summed E-state index contributed by atoms with van der Waals surface area (Å²) in [5, 5.41) is 2.09. The van der Waals surface area contributed by atoms with Crippen molar-refractivity contribution in [2.45, 2.75) is 33.0 Å². The molecule has 0 saturated heterocycles. The molecule has 0 aliphatic carbocycles. The molecule has 0 fully saturated rings. The number of hydrogen-bond donors (Lipinski definition) is 0. The van der Waals surface area contributed by atoms with Gasteiger partial charge in [0.05, 0.1) is 6.54 Å². The van der Waals surface area contributed by atoms with E-state index in [4.69, 9.17) is 4.42 Å². The van der Waals surface area contributed by atoms with Gasteiger partial charge in [-0.15, -0.1) is 11.3 Å². The average molecular weight is 263 g/mol. The van der Waals surface area contributed by atoms with E-state index in [0.717, 1.165) is 25.1 Å². The van der Waals surface area contributed by atoms with Crippen molar-refractivity contribution in [2.24, 2.45) is 0 Å². The third kappa shape index (κ3) is 3.31.